The van der Waals surface area contributed by atoms with Crippen molar-refractivity contribution in [2.75, 3.05) is 26.2 Å². The summed E-state index contributed by atoms with van der Waals surface area (Å²) in [5.74, 6) is 1.65. The molecular weight excluding hydrogens is 298 g/mol. The van der Waals surface area contributed by atoms with Gasteiger partial charge in [-0.1, -0.05) is 0 Å². The van der Waals surface area contributed by atoms with Gasteiger partial charge in [0.2, 0.25) is 0 Å². The smallest absolute Gasteiger partial charge is 0.271 e. The molecular formula is C16H21N3O2S. The third kappa shape index (κ3) is 3.62. The molecule has 0 aliphatic carbocycles. The van der Waals surface area contributed by atoms with Crippen molar-refractivity contribution < 1.29 is 9.53 Å². The minimum Gasteiger partial charge on any atom is -0.497 e. The van der Waals surface area contributed by atoms with Crippen LogP contribution in [0.5, 0.6) is 5.75 Å². The number of amides is 1. The normalized spacial score (nSPS) is 12.0. The molecule has 1 unspecified atom stereocenters. The summed E-state index contributed by atoms with van der Waals surface area (Å²) in [6, 6.07) is 9.55. The summed E-state index contributed by atoms with van der Waals surface area (Å²) >= 11 is 1.72. The van der Waals surface area contributed by atoms with E-state index in [1.807, 2.05) is 44.5 Å². The molecule has 6 heteroatoms. The zero-order chi connectivity index (χ0) is 16.1. The van der Waals surface area contributed by atoms with Gasteiger partial charge in [-0.25, -0.2) is 0 Å². The first-order valence-electron chi connectivity index (χ1n) is 7.02. The average Bonchev–Trinajstić information content (AvgIpc) is 3.03. The maximum absolute atomic E-state index is 12.4. The molecule has 2 aromatic rings. The fourth-order valence-electron chi connectivity index (χ4n) is 2.08. The Morgan fingerprint density at radius 2 is 2.09 bits per heavy atom. The Labute approximate surface area is 135 Å². The van der Waals surface area contributed by atoms with Crippen LogP contribution >= 0.6 is 11.8 Å². The molecule has 0 saturated carbocycles. The lowest BCUT2D eigenvalue weighted by atomic mass is 10.1. The number of ether oxygens (including phenoxy) is 1. The van der Waals surface area contributed by atoms with Gasteiger partial charge < -0.3 is 9.64 Å². The molecule has 2 rings (SSSR count). The van der Waals surface area contributed by atoms with Crippen LogP contribution in [0.3, 0.4) is 0 Å². The molecule has 1 aromatic carbocycles. The number of H-pyrrole nitrogens is 1. The van der Waals surface area contributed by atoms with E-state index in [1.54, 1.807) is 29.8 Å². The monoisotopic (exact) mass is 319 g/mol. The van der Waals surface area contributed by atoms with Gasteiger partial charge in [-0.2, -0.15) is 16.9 Å². The number of nitrogens with one attached hydrogen (secondary N) is 1. The molecule has 118 valence electrons. The van der Waals surface area contributed by atoms with Crippen LogP contribution in [0.2, 0.25) is 0 Å². The van der Waals surface area contributed by atoms with Gasteiger partial charge in [0.05, 0.1) is 12.8 Å². The molecule has 1 heterocycles. The summed E-state index contributed by atoms with van der Waals surface area (Å²) in [5, 5.41) is 7.06. The third-order valence-corrected chi connectivity index (χ3v) is 4.40. The lowest BCUT2D eigenvalue weighted by Gasteiger charge is -2.23. The zero-order valence-corrected chi connectivity index (χ0v) is 14.1. The van der Waals surface area contributed by atoms with E-state index in [-0.39, 0.29) is 11.9 Å². The average molecular weight is 319 g/mol. The molecule has 0 spiro atoms. The maximum atomic E-state index is 12.4. The summed E-state index contributed by atoms with van der Waals surface area (Å²) in [5.41, 5.74) is 2.19. The van der Waals surface area contributed by atoms with Gasteiger partial charge >= 0.3 is 0 Å². The molecule has 0 aliphatic rings. The van der Waals surface area contributed by atoms with Crippen LogP contribution in [0.25, 0.3) is 11.3 Å². The molecule has 0 aliphatic heterocycles. The van der Waals surface area contributed by atoms with Crippen LogP contribution in [0.15, 0.2) is 30.3 Å². The van der Waals surface area contributed by atoms with E-state index in [1.165, 1.54) is 0 Å². The second kappa shape index (κ2) is 7.35. The van der Waals surface area contributed by atoms with Crippen molar-refractivity contribution in [1.29, 1.82) is 0 Å². The highest BCUT2D eigenvalue weighted by Crippen LogP contribution is 2.21. The number of thioether (sulfide) groups is 1. The zero-order valence-electron chi connectivity index (χ0n) is 13.3. The van der Waals surface area contributed by atoms with Gasteiger partial charge in [0, 0.05) is 24.4 Å². The summed E-state index contributed by atoms with van der Waals surface area (Å²) in [7, 11) is 3.45. The highest BCUT2D eigenvalue weighted by Gasteiger charge is 2.19. The Morgan fingerprint density at radius 1 is 1.41 bits per heavy atom. The standard InChI is InChI=1S/C16H21N3O2S/c1-11(10-22-4)19(2)16(20)15-9-14(17-18-15)12-5-7-13(21-3)8-6-12/h5-9,11H,10H2,1-4H3,(H,17,18). The number of nitrogens with zero attached hydrogens (tertiary/aromatic N) is 2. The number of aromatic amines is 1. The highest BCUT2D eigenvalue weighted by atomic mass is 32.2. The number of hydrogen-bond acceptors (Lipinski definition) is 4. The summed E-state index contributed by atoms with van der Waals surface area (Å²) in [4.78, 5) is 14.2. The molecule has 0 saturated heterocycles. The maximum Gasteiger partial charge on any atom is 0.271 e. The largest absolute Gasteiger partial charge is 0.497 e. The van der Waals surface area contributed by atoms with Crippen molar-refractivity contribution in [3.05, 3.63) is 36.0 Å². The topological polar surface area (TPSA) is 58.2 Å². The lowest BCUT2D eigenvalue weighted by molar-refractivity contribution is 0.0751. The third-order valence-electron chi connectivity index (χ3n) is 3.58. The number of hydrogen-bond donors (Lipinski definition) is 1. The second-order valence-electron chi connectivity index (χ2n) is 5.12. The molecule has 5 nitrogen and oxygen atoms in total. The SMILES string of the molecule is COc1ccc(-c2cc(C(=O)N(C)C(C)CSC)[nH]n2)cc1. The van der Waals surface area contributed by atoms with E-state index in [0.717, 1.165) is 22.8 Å². The summed E-state index contributed by atoms with van der Waals surface area (Å²) < 4.78 is 5.14. The Kier molecular flexibility index (Phi) is 5.49. The van der Waals surface area contributed by atoms with Crippen LogP contribution in [0.1, 0.15) is 17.4 Å². The van der Waals surface area contributed by atoms with E-state index in [9.17, 15) is 4.79 Å². The van der Waals surface area contributed by atoms with E-state index in [4.69, 9.17) is 4.74 Å². The first kappa shape index (κ1) is 16.4. The van der Waals surface area contributed by atoms with E-state index < -0.39 is 0 Å². The van der Waals surface area contributed by atoms with Crippen LogP contribution in [-0.4, -0.2) is 53.2 Å². The van der Waals surface area contributed by atoms with Crippen LogP contribution < -0.4 is 4.74 Å². The first-order chi connectivity index (χ1) is 10.6. The molecule has 1 atom stereocenters. The molecule has 22 heavy (non-hydrogen) atoms. The number of carbonyl (C=O) groups excluding carboxylic acids is 1. The number of carbonyl (C=O) groups is 1. The second-order valence-corrected chi connectivity index (χ2v) is 6.03. The van der Waals surface area contributed by atoms with Crippen molar-refractivity contribution in [3.63, 3.8) is 0 Å². The Balaban J connectivity index is 2.14. The predicted octanol–water partition coefficient (Wildman–Crippen LogP) is 2.91. The van der Waals surface area contributed by atoms with Gasteiger partial charge in [-0.15, -0.1) is 0 Å². The Hall–Kier alpha value is -1.95. The molecule has 1 amide bonds. The minimum atomic E-state index is -0.0474. The number of methoxy groups -OCH3 is 1. The van der Waals surface area contributed by atoms with Crippen molar-refractivity contribution in [3.8, 4) is 17.0 Å². The van der Waals surface area contributed by atoms with E-state index >= 15 is 0 Å². The minimum absolute atomic E-state index is 0.0474. The van der Waals surface area contributed by atoms with Crippen LogP contribution in [-0.2, 0) is 0 Å². The number of aromatic nitrogens is 2. The van der Waals surface area contributed by atoms with Gasteiger partial charge in [0.15, 0.2) is 0 Å². The number of rotatable bonds is 6. The van der Waals surface area contributed by atoms with E-state index in [0.29, 0.717) is 5.69 Å². The molecule has 0 radical (unpaired) electrons. The molecule has 0 bridgehead atoms. The van der Waals surface area contributed by atoms with Gasteiger partial charge in [-0.3, -0.25) is 9.89 Å². The molecule has 0 fully saturated rings. The lowest BCUT2D eigenvalue weighted by Crippen LogP contribution is -2.36. The fourth-order valence-corrected chi connectivity index (χ4v) is 2.79. The first-order valence-corrected chi connectivity index (χ1v) is 8.42. The van der Waals surface area contributed by atoms with Crippen molar-refractivity contribution in [2.24, 2.45) is 0 Å². The fraction of sp³-hybridized carbons (Fsp3) is 0.375. The summed E-state index contributed by atoms with van der Waals surface area (Å²) in [6.07, 6.45) is 2.03. The quantitative estimate of drug-likeness (QED) is 0.889. The van der Waals surface area contributed by atoms with Gasteiger partial charge in [0.25, 0.3) is 5.91 Å². The van der Waals surface area contributed by atoms with E-state index in [2.05, 4.69) is 10.2 Å². The highest BCUT2D eigenvalue weighted by molar-refractivity contribution is 7.98. The molecule has 1 N–H and O–H groups in total. The van der Waals surface area contributed by atoms with Gasteiger partial charge in [-0.05, 0) is 43.5 Å². The van der Waals surface area contributed by atoms with Crippen molar-refractivity contribution in [2.45, 2.75) is 13.0 Å². The molecule has 1 aromatic heterocycles. The van der Waals surface area contributed by atoms with Gasteiger partial charge in [0.1, 0.15) is 11.4 Å². The van der Waals surface area contributed by atoms with Crippen LogP contribution in [0, 0.1) is 0 Å². The van der Waals surface area contributed by atoms with Crippen molar-refractivity contribution in [1.82, 2.24) is 15.1 Å². The predicted molar refractivity (Wildman–Crippen MR) is 90.5 cm³/mol. The Bertz CT molecular complexity index is 625. The number of benzene rings is 1. The van der Waals surface area contributed by atoms with Crippen molar-refractivity contribution >= 4 is 17.7 Å². The summed E-state index contributed by atoms with van der Waals surface area (Å²) in [6.45, 7) is 2.04. The van der Waals surface area contributed by atoms with Crippen LogP contribution in [0.4, 0.5) is 0 Å². The Morgan fingerprint density at radius 3 is 2.68 bits per heavy atom.